The lowest BCUT2D eigenvalue weighted by Crippen LogP contribution is -2.43. The molecule has 0 spiro atoms. The van der Waals surface area contributed by atoms with Crippen molar-refractivity contribution in [1.82, 2.24) is 19.8 Å². The van der Waals surface area contributed by atoms with Crippen LogP contribution in [0.5, 0.6) is 0 Å². The maximum absolute atomic E-state index is 12.7. The second kappa shape index (κ2) is 7.25. The van der Waals surface area contributed by atoms with Crippen molar-refractivity contribution in [2.45, 2.75) is 32.3 Å². The minimum Gasteiger partial charge on any atom is -0.391 e. The summed E-state index contributed by atoms with van der Waals surface area (Å²) in [4.78, 5) is 35.9. The van der Waals surface area contributed by atoms with Gasteiger partial charge < -0.3 is 14.9 Å². The fourth-order valence-corrected chi connectivity index (χ4v) is 3.64. The first kappa shape index (κ1) is 16.8. The van der Waals surface area contributed by atoms with Gasteiger partial charge in [-0.1, -0.05) is 0 Å². The van der Waals surface area contributed by atoms with Gasteiger partial charge in [0.15, 0.2) is 0 Å². The fourth-order valence-electron chi connectivity index (χ4n) is 3.64. The average Bonchev–Trinajstić information content (AvgIpc) is 2.96. The maximum atomic E-state index is 12.7. The minimum absolute atomic E-state index is 0.00274. The number of aliphatic hydroxyl groups is 1. The van der Waals surface area contributed by atoms with Crippen molar-refractivity contribution < 1.29 is 14.7 Å². The second-order valence-electron chi connectivity index (χ2n) is 6.75. The summed E-state index contributed by atoms with van der Waals surface area (Å²) in [5.74, 6) is 0.145. The van der Waals surface area contributed by atoms with E-state index in [0.717, 1.165) is 5.69 Å². The molecule has 2 amide bonds. The number of amides is 2. The van der Waals surface area contributed by atoms with Crippen LogP contribution in [0.3, 0.4) is 0 Å². The number of carbonyl (C=O) groups excluding carboxylic acids is 2. The monoisotopic (exact) mass is 332 g/mol. The van der Waals surface area contributed by atoms with E-state index >= 15 is 0 Å². The molecule has 3 heterocycles. The predicted octanol–water partition coefficient (Wildman–Crippen LogP) is 0.0969. The van der Waals surface area contributed by atoms with Gasteiger partial charge in [0, 0.05) is 63.5 Å². The third kappa shape index (κ3) is 3.72. The molecule has 1 aromatic heterocycles. The van der Waals surface area contributed by atoms with Gasteiger partial charge in [-0.25, -0.2) is 0 Å². The van der Waals surface area contributed by atoms with E-state index in [4.69, 9.17) is 0 Å². The molecule has 1 N–H and O–H groups in total. The van der Waals surface area contributed by atoms with E-state index in [9.17, 15) is 14.7 Å². The third-order valence-corrected chi connectivity index (χ3v) is 5.10. The Morgan fingerprint density at radius 3 is 2.58 bits per heavy atom. The average molecular weight is 332 g/mol. The van der Waals surface area contributed by atoms with Crippen molar-refractivity contribution in [3.8, 4) is 0 Å². The van der Waals surface area contributed by atoms with Gasteiger partial charge in [-0.3, -0.25) is 19.6 Å². The van der Waals surface area contributed by atoms with E-state index in [-0.39, 0.29) is 23.7 Å². The molecule has 2 aliphatic heterocycles. The number of aromatic nitrogens is 2. The maximum Gasteiger partial charge on any atom is 0.225 e. The van der Waals surface area contributed by atoms with Crippen molar-refractivity contribution >= 4 is 11.8 Å². The number of piperidine rings is 1. The first-order chi connectivity index (χ1) is 11.5. The lowest BCUT2D eigenvalue weighted by Gasteiger charge is -2.32. The van der Waals surface area contributed by atoms with Crippen LogP contribution in [0.2, 0.25) is 0 Å². The van der Waals surface area contributed by atoms with Crippen LogP contribution in [0, 0.1) is 11.8 Å². The molecule has 3 rings (SSSR count). The van der Waals surface area contributed by atoms with Gasteiger partial charge in [-0.2, -0.15) is 0 Å². The second-order valence-corrected chi connectivity index (χ2v) is 6.75. The molecule has 2 atom stereocenters. The van der Waals surface area contributed by atoms with Crippen molar-refractivity contribution in [3.63, 3.8) is 0 Å². The van der Waals surface area contributed by atoms with Gasteiger partial charge in [-0.15, -0.1) is 0 Å². The molecular weight excluding hydrogens is 308 g/mol. The first-order valence-electron chi connectivity index (χ1n) is 8.52. The van der Waals surface area contributed by atoms with E-state index in [1.165, 1.54) is 0 Å². The Morgan fingerprint density at radius 2 is 1.96 bits per heavy atom. The van der Waals surface area contributed by atoms with Crippen LogP contribution in [-0.2, 0) is 16.0 Å². The van der Waals surface area contributed by atoms with Gasteiger partial charge in [0.05, 0.1) is 11.8 Å². The predicted molar refractivity (Wildman–Crippen MR) is 86.8 cm³/mol. The molecule has 1 aromatic rings. The summed E-state index contributed by atoms with van der Waals surface area (Å²) in [5.41, 5.74) is 0.839. The lowest BCUT2D eigenvalue weighted by molar-refractivity contribution is -0.139. The number of hydrogen-bond acceptors (Lipinski definition) is 5. The topological polar surface area (TPSA) is 86.6 Å². The van der Waals surface area contributed by atoms with Crippen LogP contribution in [0.4, 0.5) is 0 Å². The summed E-state index contributed by atoms with van der Waals surface area (Å²) < 4.78 is 0. The van der Waals surface area contributed by atoms with Crippen LogP contribution in [-0.4, -0.2) is 69.0 Å². The molecule has 7 heteroatoms. The fraction of sp³-hybridized carbons (Fsp3) is 0.647. The van der Waals surface area contributed by atoms with Crippen molar-refractivity contribution in [2.24, 2.45) is 11.8 Å². The Morgan fingerprint density at radius 1 is 1.21 bits per heavy atom. The summed E-state index contributed by atoms with van der Waals surface area (Å²) in [6, 6.07) is 0. The van der Waals surface area contributed by atoms with Crippen LogP contribution < -0.4 is 0 Å². The van der Waals surface area contributed by atoms with Crippen LogP contribution in [0.15, 0.2) is 18.6 Å². The van der Waals surface area contributed by atoms with Gasteiger partial charge in [0.2, 0.25) is 11.8 Å². The summed E-state index contributed by atoms with van der Waals surface area (Å²) in [6.45, 7) is 3.80. The molecular formula is C17H24N4O3. The SMILES string of the molecule is CC(=O)N1CCC(C(=O)N2C[C@@H](Cc3cnccn3)[C@H](O)C2)CC1. The molecule has 2 saturated heterocycles. The lowest BCUT2D eigenvalue weighted by atomic mass is 9.95. The zero-order valence-electron chi connectivity index (χ0n) is 14.0. The quantitative estimate of drug-likeness (QED) is 0.848. The third-order valence-electron chi connectivity index (χ3n) is 5.10. The van der Waals surface area contributed by atoms with Gasteiger partial charge in [0.1, 0.15) is 0 Å². The van der Waals surface area contributed by atoms with Gasteiger partial charge in [0.25, 0.3) is 0 Å². The highest BCUT2D eigenvalue weighted by Crippen LogP contribution is 2.26. The smallest absolute Gasteiger partial charge is 0.225 e. The van der Waals surface area contributed by atoms with E-state index in [1.807, 2.05) is 0 Å². The zero-order chi connectivity index (χ0) is 17.1. The van der Waals surface area contributed by atoms with Crippen LogP contribution in [0.25, 0.3) is 0 Å². The highest BCUT2D eigenvalue weighted by molar-refractivity contribution is 5.80. The van der Waals surface area contributed by atoms with Crippen LogP contribution in [0.1, 0.15) is 25.5 Å². The number of β-amino-alcohol motifs (C(OH)–C–C–N with tert-alkyl or cyclic N) is 1. The van der Waals surface area contributed by atoms with Gasteiger partial charge in [-0.05, 0) is 19.3 Å². The molecule has 24 heavy (non-hydrogen) atoms. The minimum atomic E-state index is -0.520. The number of aliphatic hydroxyl groups excluding tert-OH is 1. The summed E-state index contributed by atoms with van der Waals surface area (Å²) in [5, 5.41) is 10.3. The summed E-state index contributed by atoms with van der Waals surface area (Å²) >= 11 is 0. The van der Waals surface area contributed by atoms with Crippen molar-refractivity contribution in [2.75, 3.05) is 26.2 Å². The molecule has 0 aliphatic carbocycles. The number of likely N-dealkylation sites (tertiary alicyclic amines) is 2. The first-order valence-corrected chi connectivity index (χ1v) is 8.52. The standard InChI is InChI=1S/C17H24N4O3/c1-12(22)20-6-2-13(3-7-20)17(24)21-10-14(16(23)11-21)8-15-9-18-4-5-19-15/h4-5,9,13-14,16,23H,2-3,6-8,10-11H2,1H3/t14-,16-/m1/s1. The zero-order valence-corrected chi connectivity index (χ0v) is 14.0. The Labute approximate surface area is 141 Å². The van der Waals surface area contributed by atoms with Crippen LogP contribution >= 0.6 is 0 Å². The molecule has 2 aliphatic rings. The van der Waals surface area contributed by atoms with E-state index in [0.29, 0.717) is 45.4 Å². The molecule has 0 saturated carbocycles. The number of carbonyl (C=O) groups is 2. The highest BCUT2D eigenvalue weighted by Gasteiger charge is 2.37. The van der Waals surface area contributed by atoms with E-state index < -0.39 is 6.10 Å². The number of hydrogen-bond donors (Lipinski definition) is 1. The highest BCUT2D eigenvalue weighted by atomic mass is 16.3. The molecule has 0 bridgehead atoms. The molecule has 0 radical (unpaired) electrons. The molecule has 0 aromatic carbocycles. The Balaban J connectivity index is 1.54. The number of nitrogens with zero attached hydrogens (tertiary/aromatic N) is 4. The van der Waals surface area contributed by atoms with E-state index in [1.54, 1.807) is 35.3 Å². The Kier molecular flexibility index (Phi) is 5.08. The normalized spacial score (nSPS) is 25.1. The molecule has 0 unspecified atom stereocenters. The Hall–Kier alpha value is -2.02. The van der Waals surface area contributed by atoms with Crippen molar-refractivity contribution in [1.29, 1.82) is 0 Å². The molecule has 130 valence electrons. The molecule has 2 fully saturated rings. The van der Waals surface area contributed by atoms with E-state index in [2.05, 4.69) is 9.97 Å². The van der Waals surface area contributed by atoms with Gasteiger partial charge >= 0.3 is 0 Å². The largest absolute Gasteiger partial charge is 0.391 e. The van der Waals surface area contributed by atoms with Crippen molar-refractivity contribution in [3.05, 3.63) is 24.3 Å². The summed E-state index contributed by atoms with van der Waals surface area (Å²) in [6.07, 6.45) is 6.49. The summed E-state index contributed by atoms with van der Waals surface area (Å²) in [7, 11) is 0. The molecule has 7 nitrogen and oxygen atoms in total. The number of rotatable bonds is 3. The Bertz CT molecular complexity index is 587.